The van der Waals surface area contributed by atoms with Crippen LogP contribution in [0.2, 0.25) is 10.0 Å². The predicted octanol–water partition coefficient (Wildman–Crippen LogP) is 22.8. The summed E-state index contributed by atoms with van der Waals surface area (Å²) < 4.78 is 14.3. The van der Waals surface area contributed by atoms with Gasteiger partial charge in [0.1, 0.15) is 11.6 Å². The van der Waals surface area contributed by atoms with Crippen molar-refractivity contribution in [2.45, 2.75) is 182 Å². The molecule has 11 aromatic carbocycles. The third-order valence-electron chi connectivity index (χ3n) is 26.1. The minimum Gasteiger partial charge on any atom is -0.508 e. The molecule has 17 heteroatoms. The number of hydrogen-bond donors (Lipinski definition) is 1. The van der Waals surface area contributed by atoms with E-state index in [0.29, 0.717) is 53.9 Å². The maximum atomic E-state index is 14.3. The zero-order chi connectivity index (χ0) is 90.7. The Morgan fingerprint density at radius 3 is 0.922 bits per heavy atom. The Labute approximate surface area is 768 Å². The number of pyridine rings is 1. The van der Waals surface area contributed by atoms with Gasteiger partial charge in [0.15, 0.2) is 23.1 Å². The minimum atomic E-state index is -0.164. The van der Waals surface area contributed by atoms with Gasteiger partial charge in [-0.05, 0) is 193 Å². The number of carbonyl (C=O) groups is 4. The average molecular weight is 1750 g/mol. The molecule has 4 fully saturated rings. The van der Waals surface area contributed by atoms with Crippen LogP contribution in [0.15, 0.2) is 310 Å². The second-order valence-corrected chi connectivity index (χ2v) is 36.5. The zero-order valence-corrected chi connectivity index (χ0v) is 77.6. The number of halogens is 3. The maximum Gasteiger partial charge on any atom is 0.159 e. The highest BCUT2D eigenvalue weighted by atomic mass is 35.5. The van der Waals surface area contributed by atoms with Gasteiger partial charge in [-0.1, -0.05) is 272 Å². The average Bonchev–Trinajstić information content (AvgIpc) is 0.798. The van der Waals surface area contributed by atoms with E-state index >= 15 is 0 Å². The number of aromatic hydroxyl groups is 1. The smallest absolute Gasteiger partial charge is 0.159 e. The van der Waals surface area contributed by atoms with Crippen molar-refractivity contribution in [1.82, 2.24) is 44.2 Å². The van der Waals surface area contributed by atoms with Crippen molar-refractivity contribution in [2.75, 3.05) is 52.4 Å². The van der Waals surface area contributed by atoms with E-state index < -0.39 is 0 Å². The minimum absolute atomic E-state index is 0.0409. The summed E-state index contributed by atoms with van der Waals surface area (Å²) >= 11 is 12.5. The Hall–Kier alpha value is -10.8. The molecule has 128 heavy (non-hydrogen) atoms. The molecule has 0 spiro atoms. The van der Waals surface area contributed by atoms with Crippen LogP contribution in [0.3, 0.4) is 0 Å². The van der Waals surface area contributed by atoms with Crippen molar-refractivity contribution >= 4 is 46.3 Å². The summed E-state index contributed by atoms with van der Waals surface area (Å²) in [5.74, 6) is 0.419. The summed E-state index contributed by atoms with van der Waals surface area (Å²) in [5, 5.41) is 11.8. The number of ketones is 4. The fourth-order valence-corrected chi connectivity index (χ4v) is 19.3. The van der Waals surface area contributed by atoms with Crippen LogP contribution < -0.4 is 0 Å². The molecular weight excluding hydrogens is 1630 g/mol. The van der Waals surface area contributed by atoms with Crippen molar-refractivity contribution in [1.29, 1.82) is 0 Å². The third kappa shape index (κ3) is 24.6. The first kappa shape index (κ1) is 94.8. The van der Waals surface area contributed by atoms with Gasteiger partial charge in [0, 0.05) is 177 Å². The van der Waals surface area contributed by atoms with Gasteiger partial charge < -0.3 is 5.11 Å². The second kappa shape index (κ2) is 45.0. The van der Waals surface area contributed by atoms with Crippen LogP contribution in [0.1, 0.15) is 215 Å². The molecule has 1 N–H and O–H groups in total. The van der Waals surface area contributed by atoms with Crippen LogP contribution >= 0.6 is 23.2 Å². The summed E-state index contributed by atoms with van der Waals surface area (Å²) in [4.78, 5) is 71.5. The number of hydrogen-bond acceptors (Lipinski definition) is 14. The highest BCUT2D eigenvalue weighted by molar-refractivity contribution is 6.31. The number of phenolic OH excluding ortho intramolecular Hbond substituents is 1. The van der Waals surface area contributed by atoms with E-state index in [1.54, 1.807) is 39.8 Å². The monoisotopic (exact) mass is 1750 g/mol. The van der Waals surface area contributed by atoms with Crippen molar-refractivity contribution in [3.8, 4) is 5.75 Å². The summed E-state index contributed by atoms with van der Waals surface area (Å²) in [7, 11) is 0. The second-order valence-electron chi connectivity index (χ2n) is 35.6. The van der Waals surface area contributed by atoms with Crippen molar-refractivity contribution in [3.63, 3.8) is 0 Å². The first-order valence-electron chi connectivity index (χ1n) is 45.2. The molecule has 0 unspecified atom stereocenters. The molecule has 16 rings (SSSR count). The highest BCUT2D eigenvalue weighted by Crippen LogP contribution is 2.40. The molecule has 4 aliphatic heterocycles. The Morgan fingerprint density at radius 1 is 0.312 bits per heavy atom. The van der Waals surface area contributed by atoms with Crippen LogP contribution in [0.4, 0.5) is 4.39 Å². The third-order valence-corrected chi connectivity index (χ3v) is 26.8. The summed E-state index contributed by atoms with van der Waals surface area (Å²) in [6.07, 6.45) is 3.74. The van der Waals surface area contributed by atoms with E-state index in [2.05, 4.69) is 263 Å². The molecule has 12 atom stereocenters. The van der Waals surface area contributed by atoms with Gasteiger partial charge >= 0.3 is 0 Å². The Balaban J connectivity index is 0.000000146. The molecule has 1 aromatic heterocycles. The van der Waals surface area contributed by atoms with Gasteiger partial charge in [-0.2, -0.15) is 0 Å². The highest BCUT2D eigenvalue weighted by Gasteiger charge is 2.40. The van der Waals surface area contributed by atoms with Crippen LogP contribution in [-0.4, -0.2) is 173 Å². The lowest BCUT2D eigenvalue weighted by Crippen LogP contribution is -2.56. The fourth-order valence-electron chi connectivity index (χ4n) is 19.0. The number of Topliss-reactive ketones (excluding diaryl/α,β-unsaturated/α-hetero) is 4. The van der Waals surface area contributed by atoms with E-state index in [9.17, 15) is 28.7 Å². The van der Waals surface area contributed by atoms with Gasteiger partial charge in [-0.3, -0.25) is 63.4 Å². The molecule has 5 heterocycles. The van der Waals surface area contributed by atoms with Crippen molar-refractivity contribution in [3.05, 3.63) is 415 Å². The molecule has 0 bridgehead atoms. The molecule has 4 saturated heterocycles. The van der Waals surface area contributed by atoms with Crippen LogP contribution in [0, 0.1) is 5.82 Å². The number of nitrogens with zero attached hydrogens (tertiary/aromatic N) is 9. The molecule has 12 aromatic rings. The first-order valence-corrected chi connectivity index (χ1v) is 45.9. The van der Waals surface area contributed by atoms with Gasteiger partial charge in [-0.15, -0.1) is 0 Å². The molecular formula is C111H124Cl2FN9O5. The quantitative estimate of drug-likeness (QED) is 0.0577. The lowest BCUT2D eigenvalue weighted by Gasteiger charge is -2.47. The molecule has 0 radical (unpaired) electrons. The number of piperazine rings is 4. The molecule has 0 aliphatic carbocycles. The van der Waals surface area contributed by atoms with Crippen molar-refractivity contribution in [2.24, 2.45) is 0 Å². The van der Waals surface area contributed by atoms with E-state index in [-0.39, 0.29) is 71.0 Å². The Bertz CT molecular complexity index is 5570. The van der Waals surface area contributed by atoms with E-state index in [0.717, 1.165) is 110 Å². The van der Waals surface area contributed by atoms with Crippen LogP contribution in [0.25, 0.3) is 0 Å². The molecule has 664 valence electrons. The largest absolute Gasteiger partial charge is 0.508 e. The summed E-state index contributed by atoms with van der Waals surface area (Å²) in [6.45, 7) is 35.5. The number of aromatic nitrogens is 1. The molecule has 4 aliphatic rings. The summed E-state index contributed by atoms with van der Waals surface area (Å²) in [6, 6.07) is 102. The predicted molar refractivity (Wildman–Crippen MR) is 518 cm³/mol. The van der Waals surface area contributed by atoms with Gasteiger partial charge in [0.2, 0.25) is 0 Å². The van der Waals surface area contributed by atoms with E-state index in [4.69, 9.17) is 23.2 Å². The van der Waals surface area contributed by atoms with Gasteiger partial charge in [0.25, 0.3) is 0 Å². The maximum absolute atomic E-state index is 14.3. The van der Waals surface area contributed by atoms with Crippen LogP contribution in [0.5, 0.6) is 5.75 Å². The lowest BCUT2D eigenvalue weighted by atomic mass is 9.92. The standard InChI is InChI=1S/2C28H31ClN2O.C28H31FN2O2.C27H31N3O/c1-20-18-31(21(2)17-30(20)19-26-11-7-8-12-27(26)29)28(24-9-5-4-6-10-24)25-15-13-23(14-16-25)22(3)32;1-20-18-31(21(2)17-30(20)19-23-9-15-27(29)16-10-23)28(25-7-5-4-6-8-25)26-13-11-24(12-14-26)22(3)32;1-19-17-31(20(2)16-30(19)18-25-7-4-5-10-27(25)29)28(24-8-6-9-26(33)15-24)23-13-11-22(12-14-23)21(3)32;1-20-18-30(21(2)17-29(20)19-23-13-15-28-16-14-23)27(25-7-5-4-6-8-25)26-11-9-24(10-12-26)22(3)31/h2*4-16,20-21,28H,17-19H2,1-3H3;4-15,19-20,28,33H,16-18H2,1-3H3;4-16,20-21,27H,17-19H2,1-3H3/t2*20-,21+,28+;19-,20+,28-;20-,21+,27+/m1111/s1. The lowest BCUT2D eigenvalue weighted by molar-refractivity contribution is 0.0190. The number of carbonyl (C=O) groups excluding carboxylic acids is 4. The van der Waals surface area contributed by atoms with E-state index in [1.807, 2.05) is 128 Å². The van der Waals surface area contributed by atoms with E-state index in [1.165, 1.54) is 56.1 Å². The number of benzene rings is 11. The topological polar surface area (TPSA) is 127 Å². The first-order chi connectivity index (χ1) is 61.7. The van der Waals surface area contributed by atoms with Gasteiger partial charge in [-0.25, -0.2) is 4.39 Å². The Kier molecular flexibility index (Phi) is 33.3. The van der Waals surface area contributed by atoms with Crippen LogP contribution in [-0.2, 0) is 26.2 Å². The van der Waals surface area contributed by atoms with Crippen molar-refractivity contribution < 1.29 is 28.7 Å². The summed E-state index contributed by atoms with van der Waals surface area (Å²) in [5.41, 5.74) is 17.1. The fraction of sp³-hybridized carbons (Fsp3) is 0.324. The van der Waals surface area contributed by atoms with Gasteiger partial charge in [0.05, 0.1) is 24.2 Å². The molecule has 0 saturated carbocycles. The molecule has 0 amide bonds. The zero-order valence-electron chi connectivity index (χ0n) is 76.1. The Morgan fingerprint density at radius 2 is 0.594 bits per heavy atom. The molecule has 14 nitrogen and oxygen atoms in total. The normalized spacial score (nSPS) is 20.7. The SMILES string of the molecule is CC(=O)c1ccc([C@H](c2cccc(O)c2)N2C[C@@H](C)N(Cc3ccccc3F)C[C@@H]2C)cc1.CC(=O)c1ccc([C@H](c2ccccc2)N2C[C@@H](C)N(Cc3ccc(Cl)cc3)C[C@@H]2C)cc1.CC(=O)c1ccc([C@H](c2ccccc2)N2C[C@@H](C)N(Cc3ccccc3Cl)C[C@@H]2C)cc1.CC(=O)c1ccc([C@H](c2ccccc2)N2C[C@@H](C)N(Cc3ccncc3)C[C@@H]2C)cc1. The number of rotatable bonds is 24. The number of phenols is 1.